The SMILES string of the molecule is CC1OP2(C)(OC1C)OC(C)C(C)O2. The molecule has 2 rings (SSSR count). The zero-order chi connectivity index (χ0) is 10.6. The Labute approximate surface area is 85.1 Å². The molecule has 0 aromatic rings. The number of hydrogen-bond donors (Lipinski definition) is 0. The Hall–Kier alpha value is 0.270. The van der Waals surface area contributed by atoms with Crippen molar-refractivity contribution in [2.75, 3.05) is 6.66 Å². The van der Waals surface area contributed by atoms with Crippen LogP contribution >= 0.6 is 7.51 Å². The van der Waals surface area contributed by atoms with E-state index in [2.05, 4.69) is 0 Å². The molecule has 2 aliphatic heterocycles. The third kappa shape index (κ3) is 1.50. The summed E-state index contributed by atoms with van der Waals surface area (Å²) in [5, 5.41) is 0. The van der Waals surface area contributed by atoms with E-state index in [-0.39, 0.29) is 24.4 Å². The Morgan fingerprint density at radius 3 is 1.07 bits per heavy atom. The first-order chi connectivity index (χ1) is 6.32. The first-order valence-electron chi connectivity index (χ1n) is 5.10. The van der Waals surface area contributed by atoms with Crippen LogP contribution in [-0.4, -0.2) is 31.1 Å². The second-order valence-corrected chi connectivity index (χ2v) is 7.62. The second kappa shape index (κ2) is 2.89. The second-order valence-electron chi connectivity index (χ2n) is 4.42. The van der Waals surface area contributed by atoms with Gasteiger partial charge in [-0.2, -0.15) is 0 Å². The van der Waals surface area contributed by atoms with Crippen molar-refractivity contribution in [2.45, 2.75) is 52.1 Å². The van der Waals surface area contributed by atoms with Gasteiger partial charge in [0.25, 0.3) is 0 Å². The number of hydrogen-bond acceptors (Lipinski definition) is 4. The van der Waals surface area contributed by atoms with Crippen LogP contribution in [0.15, 0.2) is 0 Å². The summed E-state index contributed by atoms with van der Waals surface area (Å²) in [6.07, 6.45) is 0.149. The van der Waals surface area contributed by atoms with E-state index in [4.69, 9.17) is 18.1 Å². The Bertz CT molecular complexity index is 206. The van der Waals surface area contributed by atoms with Crippen LogP contribution in [0.5, 0.6) is 0 Å². The van der Waals surface area contributed by atoms with Crippen molar-refractivity contribution in [3.8, 4) is 0 Å². The van der Waals surface area contributed by atoms with Crippen LogP contribution in [0.1, 0.15) is 27.7 Å². The van der Waals surface area contributed by atoms with Gasteiger partial charge in [0, 0.05) is 0 Å². The van der Waals surface area contributed by atoms with Crippen molar-refractivity contribution in [2.24, 2.45) is 0 Å². The van der Waals surface area contributed by atoms with Gasteiger partial charge < -0.3 is 0 Å². The van der Waals surface area contributed by atoms with Gasteiger partial charge in [0.15, 0.2) is 0 Å². The summed E-state index contributed by atoms with van der Waals surface area (Å²) in [6.45, 7) is 9.77. The topological polar surface area (TPSA) is 36.9 Å². The molecule has 4 atom stereocenters. The predicted molar refractivity (Wildman–Crippen MR) is 55.0 cm³/mol. The Morgan fingerprint density at radius 2 is 0.857 bits per heavy atom. The minimum absolute atomic E-state index is 0.0372. The Morgan fingerprint density at radius 1 is 0.643 bits per heavy atom. The van der Waals surface area contributed by atoms with Crippen LogP contribution in [0.2, 0.25) is 0 Å². The molecule has 0 aromatic heterocycles. The third-order valence-corrected chi connectivity index (χ3v) is 6.13. The molecule has 84 valence electrons. The quantitative estimate of drug-likeness (QED) is 0.590. The van der Waals surface area contributed by atoms with Crippen LogP contribution in [0.3, 0.4) is 0 Å². The molecule has 0 saturated carbocycles. The van der Waals surface area contributed by atoms with Crippen molar-refractivity contribution in [3.05, 3.63) is 0 Å². The van der Waals surface area contributed by atoms with Crippen LogP contribution in [0, 0.1) is 0 Å². The molecule has 5 heteroatoms. The van der Waals surface area contributed by atoms with Gasteiger partial charge in [-0.25, -0.2) is 0 Å². The van der Waals surface area contributed by atoms with E-state index in [0.29, 0.717) is 0 Å². The molecule has 2 heterocycles. The van der Waals surface area contributed by atoms with E-state index >= 15 is 0 Å². The molecule has 0 aromatic carbocycles. The van der Waals surface area contributed by atoms with Gasteiger partial charge in [-0.1, -0.05) is 0 Å². The Kier molecular flexibility index (Phi) is 2.23. The molecule has 0 N–H and O–H groups in total. The molecular weight excluding hydrogens is 203 g/mol. The monoisotopic (exact) mass is 222 g/mol. The zero-order valence-corrected chi connectivity index (χ0v) is 10.3. The standard InChI is InChI=1S/C9H19O4P/c1-6-7(2)11-14(5,10-6)12-8(3)9(4)13-14/h6-9H,1-5H3. The summed E-state index contributed by atoms with van der Waals surface area (Å²) >= 11 is 0. The average Bonchev–Trinajstić information content (AvgIpc) is 2.34. The first-order valence-corrected chi connectivity index (χ1v) is 7.45. The van der Waals surface area contributed by atoms with Crippen LogP contribution in [0.4, 0.5) is 0 Å². The molecule has 4 unspecified atom stereocenters. The van der Waals surface area contributed by atoms with Gasteiger partial charge in [0.1, 0.15) is 0 Å². The maximum atomic E-state index is 5.81. The Balaban J connectivity index is 2.24. The fourth-order valence-corrected chi connectivity index (χ4v) is 5.91. The minimum atomic E-state index is -3.20. The van der Waals surface area contributed by atoms with Crippen LogP contribution < -0.4 is 0 Å². The average molecular weight is 222 g/mol. The predicted octanol–water partition coefficient (Wildman–Crippen LogP) is 2.48. The summed E-state index contributed by atoms with van der Waals surface area (Å²) < 4.78 is 23.3. The molecule has 0 radical (unpaired) electrons. The maximum absolute atomic E-state index is 5.81. The number of rotatable bonds is 0. The van der Waals surface area contributed by atoms with Gasteiger partial charge in [-0.15, -0.1) is 0 Å². The van der Waals surface area contributed by atoms with E-state index < -0.39 is 7.51 Å². The molecule has 2 saturated heterocycles. The fourth-order valence-electron chi connectivity index (χ4n) is 1.97. The van der Waals surface area contributed by atoms with E-state index in [1.54, 1.807) is 0 Å². The molecular formula is C9H19O4P. The third-order valence-electron chi connectivity index (χ3n) is 2.93. The van der Waals surface area contributed by atoms with Crippen molar-refractivity contribution < 1.29 is 18.1 Å². The first kappa shape index (κ1) is 10.8. The van der Waals surface area contributed by atoms with Gasteiger partial charge in [-0.05, 0) is 0 Å². The summed E-state index contributed by atoms with van der Waals surface area (Å²) in [5.74, 6) is 0. The zero-order valence-electron chi connectivity index (χ0n) is 9.39. The molecule has 4 nitrogen and oxygen atoms in total. The fraction of sp³-hybridized carbons (Fsp3) is 1.00. The van der Waals surface area contributed by atoms with E-state index in [1.165, 1.54) is 0 Å². The summed E-state index contributed by atoms with van der Waals surface area (Å²) in [6, 6.07) is 0. The van der Waals surface area contributed by atoms with Gasteiger partial charge in [0.05, 0.1) is 0 Å². The molecule has 2 fully saturated rings. The van der Waals surface area contributed by atoms with Crippen molar-refractivity contribution >= 4 is 7.51 Å². The molecule has 14 heavy (non-hydrogen) atoms. The van der Waals surface area contributed by atoms with Gasteiger partial charge >= 0.3 is 84.4 Å². The molecule has 0 bridgehead atoms. The van der Waals surface area contributed by atoms with Gasteiger partial charge in [-0.3, -0.25) is 0 Å². The van der Waals surface area contributed by atoms with Crippen molar-refractivity contribution in [1.29, 1.82) is 0 Å². The van der Waals surface area contributed by atoms with Gasteiger partial charge in [0.2, 0.25) is 0 Å². The molecule has 0 aliphatic carbocycles. The molecule has 2 aliphatic rings. The summed E-state index contributed by atoms with van der Waals surface area (Å²) in [4.78, 5) is 0. The van der Waals surface area contributed by atoms with E-state index in [1.807, 2.05) is 34.4 Å². The molecule has 1 spiro atoms. The summed E-state index contributed by atoms with van der Waals surface area (Å²) in [7, 11) is -3.20. The van der Waals surface area contributed by atoms with E-state index in [9.17, 15) is 0 Å². The van der Waals surface area contributed by atoms with Crippen LogP contribution in [0.25, 0.3) is 0 Å². The summed E-state index contributed by atoms with van der Waals surface area (Å²) in [5.41, 5.74) is 0. The molecule has 0 amide bonds. The van der Waals surface area contributed by atoms with E-state index in [0.717, 1.165) is 0 Å². The van der Waals surface area contributed by atoms with Crippen molar-refractivity contribution in [3.63, 3.8) is 0 Å². The normalized spacial score (nSPS) is 53.1. The van der Waals surface area contributed by atoms with Crippen molar-refractivity contribution in [1.82, 2.24) is 0 Å². The van der Waals surface area contributed by atoms with Crippen LogP contribution in [-0.2, 0) is 18.1 Å².